The summed E-state index contributed by atoms with van der Waals surface area (Å²) in [5.74, 6) is -2.18. The SMILES string of the molecule is CC(=O)N[13CH2]CCCC([15NH][13CH3])C(=O)NCCC(=O)ON1C(=O)CCC1=O.[13CH4]. The standard InChI is InChI=1S/C16H26N4O6.CH4/c1-11(21)18-9-4-3-5-12(17-2)16(25)19-10-8-15(24)26-20-13(22)6-7-14(20)23;/h12,17H,3-10H2,1-2H3,(H,18,21)(H,19,25);1H4/i2+1,9+1,17+1;1+1. The first kappa shape index (κ1) is 24.5. The molecule has 3 N–H and O–H groups in total. The largest absolute Gasteiger partial charge is 0.356 e. The number of hydrogen-bond donors (Lipinski definition) is 3. The van der Waals surface area contributed by atoms with Gasteiger partial charge in [-0.05, 0) is 26.3 Å². The molecular weight excluding hydrogens is 360 g/mol. The highest BCUT2D eigenvalue weighted by atomic mass is 16.7. The van der Waals surface area contributed by atoms with Gasteiger partial charge in [0.05, 0.1) is 12.5 Å². The monoisotopic (exact) mass is 390 g/mol. The molecule has 1 fully saturated rings. The van der Waals surface area contributed by atoms with Crippen LogP contribution in [0.1, 0.15) is 52.9 Å². The van der Waals surface area contributed by atoms with Crippen molar-refractivity contribution in [1.29, 1.82) is 0 Å². The number of hydrogen-bond acceptors (Lipinski definition) is 7. The van der Waals surface area contributed by atoms with E-state index in [9.17, 15) is 24.0 Å². The molecule has 0 bridgehead atoms. The van der Waals surface area contributed by atoms with Gasteiger partial charge in [0, 0.05) is 32.9 Å². The van der Waals surface area contributed by atoms with E-state index in [0.717, 1.165) is 12.8 Å². The number of carbonyl (C=O) groups excluding carboxylic acids is 5. The highest BCUT2D eigenvalue weighted by molar-refractivity contribution is 6.01. The van der Waals surface area contributed by atoms with Gasteiger partial charge in [-0.25, -0.2) is 4.79 Å². The Morgan fingerprint density at radius 1 is 1.07 bits per heavy atom. The molecule has 0 aromatic rings. The molecule has 1 aliphatic heterocycles. The first-order valence-corrected chi connectivity index (χ1v) is 8.61. The number of nitrogens with zero attached hydrogens (tertiary/aromatic N) is 1. The Morgan fingerprint density at radius 3 is 2.26 bits per heavy atom. The summed E-state index contributed by atoms with van der Waals surface area (Å²) in [5.41, 5.74) is 0. The zero-order valence-corrected chi connectivity index (χ0v) is 15.1. The Hall–Kier alpha value is -2.49. The molecule has 10 nitrogen and oxygen atoms in total. The molecule has 27 heavy (non-hydrogen) atoms. The molecule has 1 saturated heterocycles. The third-order valence-electron chi connectivity index (χ3n) is 3.79. The highest BCUT2D eigenvalue weighted by Crippen LogP contribution is 2.12. The number of carbonyl (C=O) groups is 5. The molecule has 1 aliphatic rings. The molecule has 154 valence electrons. The second kappa shape index (κ2) is 12.8. The lowest BCUT2D eigenvalue weighted by atomic mass is 10.1. The van der Waals surface area contributed by atoms with Gasteiger partial charge in [-0.2, -0.15) is 0 Å². The average molecular weight is 390 g/mol. The summed E-state index contributed by atoms with van der Waals surface area (Å²) >= 11 is 0. The molecular formula is C17H30N4O6. The van der Waals surface area contributed by atoms with Crippen molar-refractivity contribution in [3.63, 3.8) is 0 Å². The molecule has 0 aromatic carbocycles. The predicted octanol–water partition coefficient (Wildman–Crippen LogP) is -0.370. The van der Waals surface area contributed by atoms with Gasteiger partial charge in [-0.15, -0.1) is 5.06 Å². The Balaban J connectivity index is 0.00000676. The fraction of sp³-hybridized carbons (Fsp3) is 0.706. The average Bonchev–Trinajstić information content (AvgIpc) is 2.89. The lowest BCUT2D eigenvalue weighted by Crippen LogP contribution is -2.43. The molecule has 10 heteroatoms. The maximum absolute atomic E-state index is 12.1. The van der Waals surface area contributed by atoms with E-state index in [1.54, 1.807) is 7.05 Å². The van der Waals surface area contributed by atoms with Crippen molar-refractivity contribution in [2.24, 2.45) is 0 Å². The van der Waals surface area contributed by atoms with E-state index in [4.69, 9.17) is 4.84 Å². The van der Waals surface area contributed by atoms with E-state index < -0.39 is 23.8 Å². The third kappa shape index (κ3) is 9.13. The Labute approximate surface area is 159 Å². The molecule has 0 radical (unpaired) electrons. The summed E-state index contributed by atoms with van der Waals surface area (Å²) in [4.78, 5) is 61.9. The summed E-state index contributed by atoms with van der Waals surface area (Å²) in [7, 11) is 1.66. The van der Waals surface area contributed by atoms with Crippen LogP contribution in [0.2, 0.25) is 0 Å². The maximum atomic E-state index is 12.1. The normalized spacial score (nSPS) is 14.4. The smallest absolute Gasteiger partial charge is 0.334 e. The maximum Gasteiger partial charge on any atom is 0.334 e. The molecule has 0 saturated carbocycles. The van der Waals surface area contributed by atoms with Crippen molar-refractivity contribution < 1.29 is 28.8 Å². The summed E-state index contributed by atoms with van der Waals surface area (Å²) in [6.07, 6.45) is 2.02. The van der Waals surface area contributed by atoms with Crippen LogP contribution in [0.15, 0.2) is 0 Å². The number of nitrogens with one attached hydrogen (secondary N) is 3. The molecule has 1 unspecified atom stereocenters. The molecule has 0 aliphatic carbocycles. The first-order valence-electron chi connectivity index (χ1n) is 8.61. The van der Waals surface area contributed by atoms with Crippen molar-refractivity contribution in [1.82, 2.24) is 21.0 Å². The molecule has 0 aromatic heterocycles. The van der Waals surface area contributed by atoms with Crippen LogP contribution in [0.3, 0.4) is 0 Å². The van der Waals surface area contributed by atoms with E-state index in [-0.39, 0.29) is 45.0 Å². The number of amides is 4. The van der Waals surface area contributed by atoms with Gasteiger partial charge in [0.15, 0.2) is 0 Å². The number of rotatable bonds is 11. The van der Waals surface area contributed by atoms with E-state index >= 15 is 0 Å². The second-order valence-electron chi connectivity index (χ2n) is 5.91. The number of hydroxylamine groups is 2. The summed E-state index contributed by atoms with van der Waals surface area (Å²) < 4.78 is 0. The van der Waals surface area contributed by atoms with E-state index in [1.165, 1.54) is 6.92 Å². The van der Waals surface area contributed by atoms with E-state index in [0.29, 0.717) is 18.0 Å². The molecule has 0 spiro atoms. The van der Waals surface area contributed by atoms with Gasteiger partial charge < -0.3 is 20.8 Å². The number of likely N-dealkylation sites (N-methyl/N-ethyl adjacent to an activating group) is 1. The predicted molar refractivity (Wildman–Crippen MR) is 96.9 cm³/mol. The summed E-state index contributed by atoms with van der Waals surface area (Å²) in [6.45, 7) is 2.05. The topological polar surface area (TPSA) is 134 Å². The van der Waals surface area contributed by atoms with Gasteiger partial charge >= 0.3 is 5.97 Å². The second-order valence-corrected chi connectivity index (χ2v) is 5.91. The van der Waals surface area contributed by atoms with Gasteiger partial charge in [-0.3, -0.25) is 19.2 Å². The Bertz CT molecular complexity index is 536. The zero-order chi connectivity index (χ0) is 19.5. The third-order valence-corrected chi connectivity index (χ3v) is 3.79. The summed E-state index contributed by atoms with van der Waals surface area (Å²) in [5, 5.41) is 8.68. The Kier molecular flexibility index (Phi) is 11.6. The Morgan fingerprint density at radius 2 is 1.70 bits per heavy atom. The first-order chi connectivity index (χ1) is 12.3. The van der Waals surface area contributed by atoms with Gasteiger partial charge in [0.1, 0.15) is 0 Å². The molecule has 1 rings (SSSR count). The zero-order valence-electron chi connectivity index (χ0n) is 15.1. The minimum atomic E-state index is -0.759. The van der Waals surface area contributed by atoms with Crippen LogP contribution >= 0.6 is 0 Å². The van der Waals surface area contributed by atoms with Crippen LogP contribution in [-0.2, 0) is 28.8 Å². The van der Waals surface area contributed by atoms with Crippen molar-refractivity contribution in [3.8, 4) is 0 Å². The van der Waals surface area contributed by atoms with Crippen LogP contribution in [0.25, 0.3) is 0 Å². The van der Waals surface area contributed by atoms with Gasteiger partial charge in [-0.1, -0.05) is 7.43 Å². The number of unbranched alkanes of at least 4 members (excludes halogenated alkanes) is 1. The number of imide groups is 1. The quantitative estimate of drug-likeness (QED) is 0.190. The molecule has 1 heterocycles. The van der Waals surface area contributed by atoms with Crippen LogP contribution in [0, 0.1) is 0 Å². The fourth-order valence-electron chi connectivity index (χ4n) is 2.36. The lowest BCUT2D eigenvalue weighted by Gasteiger charge is -2.16. The van der Waals surface area contributed by atoms with Crippen LogP contribution in [-0.4, -0.2) is 60.8 Å². The van der Waals surface area contributed by atoms with Crippen molar-refractivity contribution in [2.75, 3.05) is 20.1 Å². The minimum Gasteiger partial charge on any atom is -0.356 e. The fourth-order valence-corrected chi connectivity index (χ4v) is 2.36. The van der Waals surface area contributed by atoms with Crippen LogP contribution < -0.4 is 16.0 Å². The van der Waals surface area contributed by atoms with Crippen molar-refractivity contribution >= 4 is 29.6 Å². The summed E-state index contributed by atoms with van der Waals surface area (Å²) in [6, 6.07) is -0.412. The molecule has 1 atom stereocenters. The van der Waals surface area contributed by atoms with Crippen LogP contribution in [0.5, 0.6) is 0 Å². The van der Waals surface area contributed by atoms with E-state index in [1.807, 2.05) is 0 Å². The van der Waals surface area contributed by atoms with Crippen LogP contribution in [0.4, 0.5) is 0 Å². The highest BCUT2D eigenvalue weighted by Gasteiger charge is 2.32. The van der Waals surface area contributed by atoms with Gasteiger partial charge in [0.2, 0.25) is 11.8 Å². The minimum absolute atomic E-state index is 0. The lowest BCUT2D eigenvalue weighted by molar-refractivity contribution is -0.197. The van der Waals surface area contributed by atoms with Gasteiger partial charge in [0.25, 0.3) is 11.8 Å². The van der Waals surface area contributed by atoms with Crippen molar-refractivity contribution in [2.45, 2.75) is 58.9 Å². The van der Waals surface area contributed by atoms with E-state index in [2.05, 4.69) is 16.0 Å². The molecule has 4 amide bonds. The van der Waals surface area contributed by atoms with Crippen molar-refractivity contribution in [3.05, 3.63) is 0 Å².